The Morgan fingerprint density at radius 3 is 1.63 bits per heavy atom. The van der Waals surface area contributed by atoms with Crippen LogP contribution in [0, 0.1) is 0 Å². The van der Waals surface area contributed by atoms with Crippen molar-refractivity contribution < 1.29 is 38.9 Å². The molecule has 10 nitrogen and oxygen atoms in total. The molecule has 0 bridgehead atoms. The topological polar surface area (TPSA) is 160 Å². The average Bonchev–Trinajstić information content (AvgIpc) is 3.95. The van der Waals surface area contributed by atoms with Gasteiger partial charge in [0.05, 0.1) is 39.7 Å². The van der Waals surface area contributed by atoms with Crippen LogP contribution in [0.5, 0.6) is 5.75 Å². The minimum Gasteiger partial charge on any atom is -0.753 e. The summed E-state index contributed by atoms with van der Waals surface area (Å²) in [6.45, 7) is 4.81. The molecular weight excluding hydrogens is 954 g/mol. The number of nitrogens with zero attached hydrogens (tertiary/aromatic N) is 6. The predicted molar refractivity (Wildman–Crippen MR) is 262 cm³/mol. The van der Waals surface area contributed by atoms with Crippen molar-refractivity contribution in [2.75, 3.05) is 0 Å². The Labute approximate surface area is 400 Å². The van der Waals surface area contributed by atoms with E-state index in [4.69, 9.17) is 30.5 Å². The molecule has 6 heterocycles. The molecule has 0 aliphatic rings. The average molecular weight is 1000 g/mol. The molecule has 6 rings (SSSR count). The van der Waals surface area contributed by atoms with E-state index in [0.29, 0.717) is 40.6 Å². The molecular formula is C48H46N6O4RuS4. The van der Waals surface area contributed by atoms with Crippen LogP contribution in [-0.2, 0) is 37.1 Å². The van der Waals surface area contributed by atoms with Crippen LogP contribution in [0.4, 0.5) is 0 Å². The van der Waals surface area contributed by atoms with Crippen molar-refractivity contribution in [3.8, 4) is 39.9 Å². The van der Waals surface area contributed by atoms with Crippen molar-refractivity contribution in [1.29, 1.82) is 0 Å². The zero-order valence-corrected chi connectivity index (χ0v) is 39.9. The molecule has 0 saturated heterocycles. The third-order valence-corrected chi connectivity index (χ3v) is 11.4. The van der Waals surface area contributed by atoms with Gasteiger partial charge < -0.3 is 20.7 Å². The van der Waals surface area contributed by atoms with Gasteiger partial charge in [0.15, 0.2) is 0 Å². The zero-order chi connectivity index (χ0) is 44.5. The molecule has 6 aromatic heterocycles. The summed E-state index contributed by atoms with van der Waals surface area (Å²) in [5, 5.41) is 26.5. The normalized spacial score (nSPS) is 10.4. The fourth-order valence-corrected chi connectivity index (χ4v) is 8.16. The van der Waals surface area contributed by atoms with E-state index in [1.807, 2.05) is 35.6 Å². The largest absolute Gasteiger partial charge is 2.00 e. The maximum atomic E-state index is 11.7. The van der Waals surface area contributed by atoms with E-state index in [9.17, 15) is 14.7 Å². The summed E-state index contributed by atoms with van der Waals surface area (Å²) in [6.07, 6.45) is 23.8. The SMILES string of the molecule is CCCCCCc1ccc(/C=C/c2ccnc(-c3cc(/C=C/c4ccc(CCCCCC)s4)cc(-c4cc(OC=O)cc(-c5cc(C(=O)O)ccn5)n4)n3)c2)s1.[N-]=C=S.[N-]=C=S.[Ru+2]. The van der Waals surface area contributed by atoms with Gasteiger partial charge in [-0.1, -0.05) is 89.0 Å². The van der Waals surface area contributed by atoms with Gasteiger partial charge in [0.25, 0.3) is 6.47 Å². The second-order valence-corrected chi connectivity index (χ2v) is 16.5. The maximum Gasteiger partial charge on any atom is 2.00 e. The van der Waals surface area contributed by atoms with Gasteiger partial charge in [0, 0.05) is 44.0 Å². The van der Waals surface area contributed by atoms with Crippen molar-refractivity contribution in [2.24, 2.45) is 0 Å². The summed E-state index contributed by atoms with van der Waals surface area (Å²) >= 11 is 11.0. The van der Waals surface area contributed by atoms with Crippen LogP contribution >= 0.6 is 47.1 Å². The number of carbonyl (C=O) groups is 2. The molecule has 0 unspecified atom stereocenters. The summed E-state index contributed by atoms with van der Waals surface area (Å²) < 4.78 is 5.29. The quantitative estimate of drug-likeness (QED) is 0.0256. The molecule has 0 amide bonds. The van der Waals surface area contributed by atoms with Gasteiger partial charge >= 0.3 is 25.4 Å². The molecule has 6 aromatic rings. The summed E-state index contributed by atoms with van der Waals surface area (Å²) in [5.74, 6) is -0.864. The van der Waals surface area contributed by atoms with Crippen molar-refractivity contribution in [3.63, 3.8) is 0 Å². The first-order valence-corrected chi connectivity index (χ1v) is 22.6. The van der Waals surface area contributed by atoms with E-state index in [1.165, 1.54) is 94.7 Å². The molecule has 0 aliphatic heterocycles. The molecule has 0 fully saturated rings. The first kappa shape index (κ1) is 52.0. The number of hydrogen-bond donors (Lipinski definition) is 1. The van der Waals surface area contributed by atoms with E-state index in [2.05, 4.69) is 91.8 Å². The molecule has 324 valence electrons. The first-order valence-electron chi connectivity index (χ1n) is 20.1. The van der Waals surface area contributed by atoms with Gasteiger partial charge in [-0.3, -0.25) is 14.8 Å². The van der Waals surface area contributed by atoms with Crippen LogP contribution in [0.25, 0.3) is 69.3 Å². The number of thiophene rings is 2. The maximum absolute atomic E-state index is 11.7. The Morgan fingerprint density at radius 2 is 1.11 bits per heavy atom. The number of carbonyl (C=O) groups excluding carboxylic acids is 1. The van der Waals surface area contributed by atoms with Gasteiger partial charge in [-0.05, 0) is 110 Å². The molecule has 0 radical (unpaired) electrons. The number of aromatic nitrogens is 4. The number of thiocarbonyl (C=S) groups is 2. The second-order valence-electron chi connectivity index (χ2n) is 13.7. The van der Waals surface area contributed by atoms with Gasteiger partial charge in [-0.2, -0.15) is 10.3 Å². The van der Waals surface area contributed by atoms with E-state index >= 15 is 0 Å². The number of aryl methyl sites for hydroxylation is 2. The Bertz CT molecular complexity index is 2510. The zero-order valence-electron chi connectivity index (χ0n) is 34.9. The molecule has 63 heavy (non-hydrogen) atoms. The number of carboxylic acids is 1. The van der Waals surface area contributed by atoms with Crippen LogP contribution in [0.15, 0.2) is 85.2 Å². The molecule has 0 saturated carbocycles. The smallest absolute Gasteiger partial charge is 0.753 e. The van der Waals surface area contributed by atoms with Gasteiger partial charge in [0.1, 0.15) is 5.75 Å². The van der Waals surface area contributed by atoms with Gasteiger partial charge in [-0.25, -0.2) is 14.8 Å². The number of carboxylic acid groups (broad SMARTS) is 1. The monoisotopic (exact) mass is 1000 g/mol. The molecule has 0 aromatic carbocycles. The van der Waals surface area contributed by atoms with E-state index in [0.717, 1.165) is 28.8 Å². The van der Waals surface area contributed by atoms with Crippen molar-refractivity contribution in [2.45, 2.75) is 78.1 Å². The Hall–Kier alpha value is -5.36. The third-order valence-electron chi connectivity index (χ3n) is 9.21. The number of isothiocyanates is 2. The number of aromatic carboxylic acids is 1. The predicted octanol–water partition coefficient (Wildman–Crippen LogP) is 13.5. The third kappa shape index (κ3) is 17.7. The summed E-state index contributed by atoms with van der Waals surface area (Å²) in [7, 11) is 0. The standard InChI is InChI=1S/C46H46N4O4S2.2CNS.Ru/c1-3-5-7-9-11-36-17-19-38(55-36)15-13-32-21-23-47-40(25-32)42-26-33(14-16-39-20-18-37(56-39)12-10-8-6-4-2)27-43(49-42)45-30-35(54-31-51)29-44(50-45)41-28-34(46(52)53)22-24-48-41;2*2-1-3;/h13-31H,3-12H2,1-2H3,(H,52,53);;;/q;2*-1;+2/b15-13+,16-14+;;;. The van der Waals surface area contributed by atoms with Crippen LogP contribution in [0.3, 0.4) is 0 Å². The first-order chi connectivity index (χ1) is 30.2. The van der Waals surface area contributed by atoms with E-state index in [-0.39, 0.29) is 30.8 Å². The second kappa shape index (κ2) is 29.1. The Balaban J connectivity index is 0.00000143. The van der Waals surface area contributed by atoms with Crippen molar-refractivity contribution in [1.82, 2.24) is 19.9 Å². The number of rotatable bonds is 20. The molecule has 0 aliphatic carbocycles. The fraction of sp³-hybridized carbons (Fsp3) is 0.250. The number of ether oxygens (including phenoxy) is 1. The van der Waals surface area contributed by atoms with E-state index < -0.39 is 5.97 Å². The van der Waals surface area contributed by atoms with Crippen molar-refractivity contribution in [3.05, 3.63) is 132 Å². The minimum absolute atomic E-state index is 0. The van der Waals surface area contributed by atoms with Crippen molar-refractivity contribution >= 4 is 94.2 Å². The molecule has 0 spiro atoms. The number of hydrogen-bond acceptors (Lipinski definition) is 11. The van der Waals surface area contributed by atoms with Crippen LogP contribution in [0.2, 0.25) is 0 Å². The summed E-state index contributed by atoms with van der Waals surface area (Å²) in [4.78, 5) is 47.3. The van der Waals surface area contributed by atoms with Gasteiger partial charge in [-0.15, -0.1) is 22.7 Å². The summed E-state index contributed by atoms with van der Waals surface area (Å²) in [5.41, 5.74) is 4.85. The molecule has 15 heteroatoms. The van der Waals surface area contributed by atoms with Crippen LogP contribution in [0.1, 0.15) is 106 Å². The van der Waals surface area contributed by atoms with E-state index in [1.54, 1.807) is 29.7 Å². The molecule has 0 atom stereocenters. The fourth-order valence-electron chi connectivity index (χ4n) is 6.24. The van der Waals surface area contributed by atoms with Gasteiger partial charge in [0.2, 0.25) is 0 Å². The Kier molecular flexibility index (Phi) is 24.0. The number of pyridine rings is 4. The Morgan fingerprint density at radius 1 is 0.651 bits per heavy atom. The van der Waals surface area contributed by atoms with Crippen LogP contribution in [-0.4, -0.2) is 47.8 Å². The number of unbranched alkanes of at least 4 members (excludes halogenated alkanes) is 6. The molecule has 1 N–H and O–H groups in total. The minimum atomic E-state index is -1.09. The summed E-state index contributed by atoms with van der Waals surface area (Å²) in [6, 6.07) is 22.7. The van der Waals surface area contributed by atoms with Crippen LogP contribution < -0.4 is 4.74 Å².